The van der Waals surface area contributed by atoms with Crippen molar-refractivity contribution in [2.24, 2.45) is 22.7 Å². The Morgan fingerprint density at radius 2 is 2.22 bits per heavy atom. The lowest BCUT2D eigenvalue weighted by Gasteiger charge is -2.57. The van der Waals surface area contributed by atoms with E-state index >= 15 is 0 Å². The van der Waals surface area contributed by atoms with Gasteiger partial charge in [-0.05, 0) is 38.2 Å². The minimum absolute atomic E-state index is 0.0151. The van der Waals surface area contributed by atoms with Crippen molar-refractivity contribution >= 4 is 11.8 Å². The molecular formula is C18H24O5. The maximum atomic E-state index is 12.7. The molecule has 5 heteroatoms. The van der Waals surface area contributed by atoms with E-state index in [2.05, 4.69) is 0 Å². The van der Waals surface area contributed by atoms with Crippen molar-refractivity contribution < 1.29 is 24.2 Å². The fourth-order valence-electron chi connectivity index (χ4n) is 6.06. The summed E-state index contributed by atoms with van der Waals surface area (Å²) >= 11 is 0. The zero-order valence-corrected chi connectivity index (χ0v) is 13.9. The van der Waals surface area contributed by atoms with Crippen molar-refractivity contribution in [1.82, 2.24) is 0 Å². The van der Waals surface area contributed by atoms with Gasteiger partial charge in [0.1, 0.15) is 0 Å². The molecule has 0 radical (unpaired) electrons. The number of rotatable bonds is 3. The second-order valence-electron chi connectivity index (χ2n) is 8.16. The van der Waals surface area contributed by atoms with Gasteiger partial charge in [-0.1, -0.05) is 13.0 Å². The Bertz CT molecular complexity index is 613. The van der Waals surface area contributed by atoms with Gasteiger partial charge in [-0.15, -0.1) is 0 Å². The lowest BCUT2D eigenvalue weighted by atomic mass is 9.50. The number of aliphatic hydroxyl groups excluding tert-OH is 1. The van der Waals surface area contributed by atoms with Crippen molar-refractivity contribution in [3.8, 4) is 0 Å². The minimum Gasteiger partial charge on any atom is -0.469 e. The average molecular weight is 320 g/mol. The summed E-state index contributed by atoms with van der Waals surface area (Å²) in [6.45, 7) is 3.93. The van der Waals surface area contributed by atoms with E-state index in [0.29, 0.717) is 12.3 Å². The van der Waals surface area contributed by atoms with E-state index in [9.17, 15) is 14.7 Å². The van der Waals surface area contributed by atoms with Crippen molar-refractivity contribution in [1.29, 1.82) is 0 Å². The molecule has 0 aromatic heterocycles. The highest BCUT2D eigenvalue weighted by atomic mass is 16.5. The third kappa shape index (κ3) is 1.65. The predicted molar refractivity (Wildman–Crippen MR) is 81.4 cm³/mol. The molecule has 2 saturated heterocycles. The zero-order chi connectivity index (χ0) is 16.6. The Kier molecular flexibility index (Phi) is 2.97. The molecule has 5 rings (SSSR count). The van der Waals surface area contributed by atoms with Crippen LogP contribution in [0, 0.1) is 22.7 Å². The largest absolute Gasteiger partial charge is 0.469 e. The van der Waals surface area contributed by atoms with E-state index in [0.717, 1.165) is 12.8 Å². The second kappa shape index (κ2) is 4.45. The van der Waals surface area contributed by atoms with Crippen molar-refractivity contribution in [2.75, 3.05) is 7.11 Å². The summed E-state index contributed by atoms with van der Waals surface area (Å²) < 4.78 is 11.0. The molecule has 4 bridgehead atoms. The normalized spacial score (nSPS) is 52.8. The van der Waals surface area contributed by atoms with Crippen LogP contribution in [0.4, 0.5) is 0 Å². The molecule has 5 nitrogen and oxygen atoms in total. The topological polar surface area (TPSA) is 72.8 Å². The SMILES string of the molecule is COC(=O)CC[C@]1(C)C(=O)C=C[C@]23C[C@H]4C[C@H](O[C@@]4(C)[C@@H]2O)C13. The van der Waals surface area contributed by atoms with Gasteiger partial charge in [0.25, 0.3) is 0 Å². The number of hydrogen-bond acceptors (Lipinski definition) is 5. The highest BCUT2D eigenvalue weighted by molar-refractivity contribution is 5.96. The smallest absolute Gasteiger partial charge is 0.305 e. The molecule has 0 amide bonds. The fourth-order valence-corrected chi connectivity index (χ4v) is 6.06. The van der Waals surface area contributed by atoms with E-state index in [1.807, 2.05) is 19.9 Å². The average Bonchev–Trinajstić information content (AvgIpc) is 2.87. The van der Waals surface area contributed by atoms with Crippen LogP contribution in [0.5, 0.6) is 0 Å². The second-order valence-corrected chi connectivity index (χ2v) is 8.16. The number of aliphatic hydroxyl groups is 1. The van der Waals surface area contributed by atoms with Crippen LogP contribution < -0.4 is 0 Å². The number of ether oxygens (including phenoxy) is 2. The highest BCUT2D eigenvalue weighted by Crippen LogP contribution is 2.71. The first-order valence-corrected chi connectivity index (χ1v) is 8.44. The standard InChI is InChI=1S/C18H24O5/c1-16(6-5-13(20)22-3)12(19)4-7-18-9-10-8-11(14(16)18)23-17(10,2)15(18)21/h4,7,10-11,14-15,21H,5-6,8-9H2,1-3H3/t10-,11+,14?,15+,16-,17-,18-/m1/s1. The Balaban J connectivity index is 1.75. The van der Waals surface area contributed by atoms with Crippen molar-refractivity contribution in [3.63, 3.8) is 0 Å². The molecule has 1 spiro atoms. The van der Waals surface area contributed by atoms with Crippen LogP contribution in [0.25, 0.3) is 0 Å². The number of carbonyl (C=O) groups is 2. The maximum absolute atomic E-state index is 12.7. The van der Waals surface area contributed by atoms with E-state index in [1.165, 1.54) is 7.11 Å². The van der Waals surface area contributed by atoms with Crippen LogP contribution in [-0.4, -0.2) is 41.8 Å². The summed E-state index contributed by atoms with van der Waals surface area (Å²) in [6.07, 6.45) is 5.37. The maximum Gasteiger partial charge on any atom is 0.305 e. The van der Waals surface area contributed by atoms with Gasteiger partial charge >= 0.3 is 5.97 Å². The Morgan fingerprint density at radius 3 is 2.87 bits per heavy atom. The van der Waals surface area contributed by atoms with Crippen LogP contribution in [0.15, 0.2) is 12.2 Å². The highest BCUT2D eigenvalue weighted by Gasteiger charge is 2.76. The van der Waals surface area contributed by atoms with Gasteiger partial charge in [0.15, 0.2) is 5.78 Å². The van der Waals surface area contributed by atoms with Gasteiger partial charge in [-0.3, -0.25) is 9.59 Å². The molecule has 2 saturated carbocycles. The van der Waals surface area contributed by atoms with Crippen molar-refractivity contribution in [3.05, 3.63) is 12.2 Å². The monoisotopic (exact) mass is 320 g/mol. The predicted octanol–water partition coefficient (Wildman–Crippen LogP) is 1.63. The van der Waals surface area contributed by atoms with Crippen LogP contribution in [0.3, 0.4) is 0 Å². The van der Waals surface area contributed by atoms with Crippen LogP contribution in [-0.2, 0) is 19.1 Å². The first-order chi connectivity index (χ1) is 10.8. The lowest BCUT2D eigenvalue weighted by Crippen LogP contribution is -2.62. The number of methoxy groups -OCH3 is 1. The van der Waals surface area contributed by atoms with Gasteiger partial charge < -0.3 is 14.6 Å². The number of allylic oxidation sites excluding steroid dienone is 1. The van der Waals surface area contributed by atoms with E-state index in [4.69, 9.17) is 9.47 Å². The third-order valence-electron chi connectivity index (χ3n) is 7.21. The van der Waals surface area contributed by atoms with Gasteiger partial charge in [0, 0.05) is 23.2 Å². The van der Waals surface area contributed by atoms with Crippen molar-refractivity contribution in [2.45, 2.75) is 57.3 Å². The molecule has 0 aromatic carbocycles. The summed E-state index contributed by atoms with van der Waals surface area (Å²) in [7, 11) is 1.36. The number of ketones is 1. The molecule has 5 aliphatic rings. The molecule has 23 heavy (non-hydrogen) atoms. The lowest BCUT2D eigenvalue weighted by molar-refractivity contribution is -0.219. The molecule has 2 heterocycles. The van der Waals surface area contributed by atoms with Gasteiger partial charge in [0.2, 0.25) is 0 Å². The quantitative estimate of drug-likeness (QED) is 0.800. The van der Waals surface area contributed by atoms with Gasteiger partial charge in [-0.25, -0.2) is 0 Å². The molecule has 126 valence electrons. The summed E-state index contributed by atoms with van der Waals surface area (Å²) in [5.74, 6) is 0.00914. The molecule has 7 atom stereocenters. The number of esters is 1. The molecule has 3 aliphatic carbocycles. The molecular weight excluding hydrogens is 296 g/mol. The van der Waals surface area contributed by atoms with E-state index in [-0.39, 0.29) is 35.6 Å². The Morgan fingerprint density at radius 1 is 1.48 bits per heavy atom. The van der Waals surface area contributed by atoms with Crippen LogP contribution in [0.1, 0.15) is 39.5 Å². The molecule has 4 fully saturated rings. The first-order valence-electron chi connectivity index (χ1n) is 8.44. The number of carbonyl (C=O) groups excluding carboxylic acids is 2. The van der Waals surface area contributed by atoms with E-state index in [1.54, 1.807) is 6.08 Å². The fraction of sp³-hybridized carbons (Fsp3) is 0.778. The molecule has 2 aliphatic heterocycles. The Labute approximate surface area is 136 Å². The molecule has 1 unspecified atom stereocenters. The summed E-state index contributed by atoms with van der Waals surface area (Å²) in [6, 6.07) is 0. The molecule has 1 N–H and O–H groups in total. The van der Waals surface area contributed by atoms with Crippen LogP contribution >= 0.6 is 0 Å². The first kappa shape index (κ1) is 15.3. The number of hydrogen-bond donors (Lipinski definition) is 1. The third-order valence-corrected chi connectivity index (χ3v) is 7.21. The Hall–Kier alpha value is -1.20. The molecule has 0 aromatic rings. The summed E-state index contributed by atoms with van der Waals surface area (Å²) in [5, 5.41) is 11.0. The summed E-state index contributed by atoms with van der Waals surface area (Å²) in [4.78, 5) is 24.3. The zero-order valence-electron chi connectivity index (χ0n) is 13.9. The summed E-state index contributed by atoms with van der Waals surface area (Å²) in [5.41, 5.74) is -1.57. The van der Waals surface area contributed by atoms with Crippen LogP contribution in [0.2, 0.25) is 0 Å². The van der Waals surface area contributed by atoms with Gasteiger partial charge in [0.05, 0.1) is 24.9 Å². The van der Waals surface area contributed by atoms with E-state index < -0.39 is 17.1 Å². The minimum atomic E-state index is -0.689. The van der Waals surface area contributed by atoms with Gasteiger partial charge in [-0.2, -0.15) is 0 Å².